The van der Waals surface area contributed by atoms with Crippen LogP contribution in [0.15, 0.2) is 18.2 Å². The van der Waals surface area contributed by atoms with E-state index < -0.39 is 34.5 Å². The predicted molar refractivity (Wildman–Crippen MR) is 71.5 cm³/mol. The number of benzene rings is 1. The second kappa shape index (κ2) is 6.64. The Bertz CT molecular complexity index is 576. The van der Waals surface area contributed by atoms with Gasteiger partial charge in [-0.25, -0.2) is 14.0 Å². The SMILES string of the molecule is CC(C)C(NC(=O)Nc1ccc([N+](=O)[O-])cc1F)C(=O)O. The summed E-state index contributed by atoms with van der Waals surface area (Å²) in [5.41, 5.74) is -0.741. The van der Waals surface area contributed by atoms with Crippen LogP contribution in [-0.4, -0.2) is 28.1 Å². The number of carboxylic acids is 1. The van der Waals surface area contributed by atoms with Crippen LogP contribution in [0.5, 0.6) is 0 Å². The maximum Gasteiger partial charge on any atom is 0.326 e. The van der Waals surface area contributed by atoms with Crippen molar-refractivity contribution in [3.05, 3.63) is 34.1 Å². The molecule has 114 valence electrons. The minimum Gasteiger partial charge on any atom is -0.480 e. The summed E-state index contributed by atoms with van der Waals surface area (Å²) in [4.78, 5) is 32.2. The molecule has 3 N–H and O–H groups in total. The number of amides is 2. The van der Waals surface area contributed by atoms with Gasteiger partial charge in [0.25, 0.3) is 5.69 Å². The number of rotatable bonds is 5. The lowest BCUT2D eigenvalue weighted by atomic mass is 10.1. The number of hydrogen-bond acceptors (Lipinski definition) is 4. The van der Waals surface area contributed by atoms with Gasteiger partial charge in [-0.3, -0.25) is 10.1 Å². The van der Waals surface area contributed by atoms with Gasteiger partial charge in [0.15, 0.2) is 5.82 Å². The number of hydrogen-bond donors (Lipinski definition) is 3. The minimum atomic E-state index is -1.22. The highest BCUT2D eigenvalue weighted by molar-refractivity contribution is 5.92. The zero-order valence-electron chi connectivity index (χ0n) is 11.3. The van der Waals surface area contributed by atoms with Gasteiger partial charge in [0.1, 0.15) is 6.04 Å². The van der Waals surface area contributed by atoms with Crippen molar-refractivity contribution >= 4 is 23.4 Å². The van der Waals surface area contributed by atoms with Gasteiger partial charge in [-0.15, -0.1) is 0 Å². The summed E-state index contributed by atoms with van der Waals surface area (Å²) in [5.74, 6) is -2.57. The van der Waals surface area contributed by atoms with Crippen LogP contribution in [0.1, 0.15) is 13.8 Å². The van der Waals surface area contributed by atoms with Crippen molar-refractivity contribution in [2.75, 3.05) is 5.32 Å². The van der Waals surface area contributed by atoms with E-state index in [9.17, 15) is 24.1 Å². The molecule has 2 amide bonds. The second-order valence-corrected chi connectivity index (χ2v) is 4.58. The first kappa shape index (κ1) is 16.3. The molecule has 0 aliphatic carbocycles. The molecule has 1 aromatic rings. The van der Waals surface area contributed by atoms with E-state index in [-0.39, 0.29) is 11.6 Å². The Morgan fingerprint density at radius 1 is 1.38 bits per heavy atom. The molecule has 0 bridgehead atoms. The summed E-state index contributed by atoms with van der Waals surface area (Å²) in [6.45, 7) is 3.21. The van der Waals surface area contributed by atoms with Gasteiger partial charge in [-0.1, -0.05) is 13.8 Å². The number of urea groups is 1. The average molecular weight is 299 g/mol. The molecular weight excluding hydrogens is 285 g/mol. The minimum absolute atomic E-state index is 0.286. The molecule has 0 heterocycles. The summed E-state index contributed by atoms with van der Waals surface area (Å²) >= 11 is 0. The molecule has 8 nitrogen and oxygen atoms in total. The number of nitro benzene ring substituents is 1. The Kier molecular flexibility index (Phi) is 5.17. The van der Waals surface area contributed by atoms with Crippen molar-refractivity contribution in [2.45, 2.75) is 19.9 Å². The summed E-state index contributed by atoms with van der Waals surface area (Å²) in [7, 11) is 0. The summed E-state index contributed by atoms with van der Waals surface area (Å²) in [6, 6.07) is 0.663. The van der Waals surface area contributed by atoms with E-state index in [1.807, 2.05) is 0 Å². The molecule has 0 saturated heterocycles. The summed E-state index contributed by atoms with van der Waals surface area (Å²) < 4.78 is 13.6. The predicted octanol–water partition coefficient (Wildman–Crippen LogP) is 1.96. The fraction of sp³-hybridized carbons (Fsp3) is 0.333. The van der Waals surface area contributed by atoms with Crippen molar-refractivity contribution in [1.29, 1.82) is 0 Å². The number of non-ortho nitro benzene ring substituents is 1. The number of nitrogens with one attached hydrogen (secondary N) is 2. The largest absolute Gasteiger partial charge is 0.480 e. The van der Waals surface area contributed by atoms with Crippen LogP contribution >= 0.6 is 0 Å². The molecule has 1 aromatic carbocycles. The van der Waals surface area contributed by atoms with E-state index in [2.05, 4.69) is 10.6 Å². The third-order valence-corrected chi connectivity index (χ3v) is 2.63. The normalized spacial score (nSPS) is 11.8. The van der Waals surface area contributed by atoms with Gasteiger partial charge in [0.05, 0.1) is 16.7 Å². The maximum atomic E-state index is 13.6. The standard InChI is InChI=1S/C12H14FN3O5/c1-6(2)10(11(17)18)15-12(19)14-9-4-3-7(16(20)21)5-8(9)13/h3-6,10H,1-2H3,(H,17,18)(H2,14,15,19). The molecule has 0 spiro atoms. The fourth-order valence-electron chi connectivity index (χ4n) is 1.53. The number of nitro groups is 1. The van der Waals surface area contributed by atoms with Crippen LogP contribution in [0.3, 0.4) is 0 Å². The van der Waals surface area contributed by atoms with Crippen LogP contribution in [0.2, 0.25) is 0 Å². The van der Waals surface area contributed by atoms with E-state index in [0.717, 1.165) is 12.1 Å². The first-order valence-corrected chi connectivity index (χ1v) is 5.96. The smallest absolute Gasteiger partial charge is 0.326 e. The Morgan fingerprint density at radius 2 is 2.00 bits per heavy atom. The van der Waals surface area contributed by atoms with Gasteiger partial charge in [-0.2, -0.15) is 0 Å². The molecule has 0 aromatic heterocycles. The molecule has 9 heteroatoms. The molecular formula is C12H14FN3O5. The monoisotopic (exact) mass is 299 g/mol. The highest BCUT2D eigenvalue weighted by Gasteiger charge is 2.23. The Morgan fingerprint density at radius 3 is 2.43 bits per heavy atom. The third-order valence-electron chi connectivity index (χ3n) is 2.63. The van der Waals surface area contributed by atoms with E-state index in [1.54, 1.807) is 13.8 Å². The number of halogens is 1. The Labute approximate surface area is 119 Å². The van der Waals surface area contributed by atoms with Gasteiger partial charge in [0, 0.05) is 6.07 Å². The molecule has 0 saturated carbocycles. The molecule has 1 atom stereocenters. The topological polar surface area (TPSA) is 122 Å². The second-order valence-electron chi connectivity index (χ2n) is 4.58. The fourth-order valence-corrected chi connectivity index (χ4v) is 1.53. The van der Waals surface area contributed by atoms with Gasteiger partial charge >= 0.3 is 12.0 Å². The molecule has 1 unspecified atom stereocenters. The molecule has 1 rings (SSSR count). The van der Waals surface area contributed by atoms with E-state index >= 15 is 0 Å². The van der Waals surface area contributed by atoms with Crippen molar-refractivity contribution in [1.82, 2.24) is 5.32 Å². The Hall–Kier alpha value is -2.71. The lowest BCUT2D eigenvalue weighted by molar-refractivity contribution is -0.385. The van der Waals surface area contributed by atoms with Gasteiger partial charge in [0.2, 0.25) is 0 Å². The maximum absolute atomic E-state index is 13.6. The first-order valence-electron chi connectivity index (χ1n) is 5.96. The number of aliphatic carboxylic acids is 1. The number of carbonyl (C=O) groups excluding carboxylic acids is 1. The molecule has 0 fully saturated rings. The van der Waals surface area contributed by atoms with Crippen LogP contribution in [0.4, 0.5) is 20.6 Å². The third kappa shape index (κ3) is 4.41. The molecule has 0 aliphatic rings. The van der Waals surface area contributed by atoms with Crippen LogP contribution in [-0.2, 0) is 4.79 Å². The molecule has 0 aliphatic heterocycles. The van der Waals surface area contributed by atoms with Crippen molar-refractivity contribution in [3.8, 4) is 0 Å². The van der Waals surface area contributed by atoms with Crippen LogP contribution in [0, 0.1) is 21.8 Å². The number of carboxylic acid groups (broad SMARTS) is 1. The summed E-state index contributed by atoms with van der Waals surface area (Å²) in [5, 5.41) is 23.7. The number of anilines is 1. The lowest BCUT2D eigenvalue weighted by Crippen LogP contribution is -2.46. The van der Waals surface area contributed by atoms with Crippen LogP contribution in [0.25, 0.3) is 0 Å². The van der Waals surface area contributed by atoms with E-state index in [4.69, 9.17) is 5.11 Å². The first-order chi connectivity index (χ1) is 9.72. The van der Waals surface area contributed by atoms with E-state index in [1.165, 1.54) is 0 Å². The van der Waals surface area contributed by atoms with Crippen molar-refractivity contribution in [3.63, 3.8) is 0 Å². The Balaban J connectivity index is 2.79. The highest BCUT2D eigenvalue weighted by atomic mass is 19.1. The zero-order chi connectivity index (χ0) is 16.2. The number of carbonyl (C=O) groups is 2. The highest BCUT2D eigenvalue weighted by Crippen LogP contribution is 2.20. The molecule has 0 radical (unpaired) electrons. The number of nitrogens with zero attached hydrogens (tertiary/aromatic N) is 1. The van der Waals surface area contributed by atoms with E-state index in [0.29, 0.717) is 6.07 Å². The molecule has 21 heavy (non-hydrogen) atoms. The lowest BCUT2D eigenvalue weighted by Gasteiger charge is -2.18. The average Bonchev–Trinajstić information content (AvgIpc) is 2.37. The summed E-state index contributed by atoms with van der Waals surface area (Å²) in [6.07, 6.45) is 0. The van der Waals surface area contributed by atoms with Gasteiger partial charge in [-0.05, 0) is 12.0 Å². The van der Waals surface area contributed by atoms with Crippen molar-refractivity contribution < 1.29 is 24.0 Å². The van der Waals surface area contributed by atoms with Gasteiger partial charge < -0.3 is 15.7 Å². The van der Waals surface area contributed by atoms with Crippen LogP contribution < -0.4 is 10.6 Å². The quantitative estimate of drug-likeness (QED) is 0.566. The zero-order valence-corrected chi connectivity index (χ0v) is 11.3. The van der Waals surface area contributed by atoms with Crippen molar-refractivity contribution in [2.24, 2.45) is 5.92 Å².